The number of ether oxygens (including phenoxy) is 1. The molecular formula is C21H25N7O3. The number of esters is 1. The van der Waals surface area contributed by atoms with Crippen molar-refractivity contribution in [2.24, 2.45) is 0 Å². The number of hydrogen-bond donors (Lipinski definition) is 0. The zero-order valence-corrected chi connectivity index (χ0v) is 17.8. The van der Waals surface area contributed by atoms with Crippen LogP contribution < -0.4 is 0 Å². The molecule has 3 heterocycles. The van der Waals surface area contributed by atoms with Crippen molar-refractivity contribution in [3.8, 4) is 5.69 Å². The van der Waals surface area contributed by atoms with E-state index in [1.807, 2.05) is 30.0 Å². The summed E-state index contributed by atoms with van der Waals surface area (Å²) in [6, 6.07) is 7.22. The molecule has 1 saturated heterocycles. The number of nitrogens with zero attached hydrogens (tertiary/aromatic N) is 7. The van der Waals surface area contributed by atoms with Crippen LogP contribution in [0, 0.1) is 6.92 Å². The van der Waals surface area contributed by atoms with Crippen LogP contribution in [0.25, 0.3) is 5.69 Å². The second-order valence-electron chi connectivity index (χ2n) is 7.55. The molecule has 162 valence electrons. The van der Waals surface area contributed by atoms with Gasteiger partial charge in [0.2, 0.25) is 0 Å². The molecule has 1 amide bonds. The summed E-state index contributed by atoms with van der Waals surface area (Å²) in [5.41, 5.74) is 1.89. The van der Waals surface area contributed by atoms with Gasteiger partial charge in [-0.1, -0.05) is 12.1 Å². The zero-order valence-electron chi connectivity index (χ0n) is 17.8. The van der Waals surface area contributed by atoms with Crippen LogP contribution in [0.1, 0.15) is 59.3 Å². The number of aryl methyl sites for hydroxylation is 1. The monoisotopic (exact) mass is 423 g/mol. The maximum atomic E-state index is 13.5. The molecule has 4 rings (SSSR count). The van der Waals surface area contributed by atoms with Crippen LogP contribution in [0.15, 0.2) is 36.7 Å². The molecule has 0 saturated carbocycles. The van der Waals surface area contributed by atoms with Gasteiger partial charge in [-0.05, 0) is 45.7 Å². The Balaban J connectivity index is 1.59. The molecular weight excluding hydrogens is 398 g/mol. The maximum Gasteiger partial charge on any atom is 0.360 e. The average Bonchev–Trinajstić information content (AvgIpc) is 3.44. The van der Waals surface area contributed by atoms with Gasteiger partial charge in [-0.2, -0.15) is 24.9 Å². The first-order chi connectivity index (χ1) is 15.0. The van der Waals surface area contributed by atoms with Crippen LogP contribution in [0.5, 0.6) is 0 Å². The molecule has 1 fully saturated rings. The predicted octanol–water partition coefficient (Wildman–Crippen LogP) is 2.21. The number of piperidine rings is 1. The normalized spacial score (nSPS) is 18.7. The summed E-state index contributed by atoms with van der Waals surface area (Å²) in [4.78, 5) is 30.4. The van der Waals surface area contributed by atoms with E-state index in [4.69, 9.17) is 4.74 Å². The Morgan fingerprint density at radius 3 is 2.61 bits per heavy atom. The van der Waals surface area contributed by atoms with Crippen molar-refractivity contribution >= 4 is 11.9 Å². The van der Waals surface area contributed by atoms with E-state index in [0.29, 0.717) is 23.5 Å². The van der Waals surface area contributed by atoms with Gasteiger partial charge < -0.3 is 9.64 Å². The number of amides is 1. The van der Waals surface area contributed by atoms with Crippen molar-refractivity contribution in [3.63, 3.8) is 0 Å². The minimum absolute atomic E-state index is 0.0589. The highest BCUT2D eigenvalue weighted by molar-refractivity contribution is 5.98. The van der Waals surface area contributed by atoms with Crippen molar-refractivity contribution in [3.05, 3.63) is 53.6 Å². The molecule has 0 unspecified atom stereocenters. The lowest BCUT2D eigenvalue weighted by molar-refractivity contribution is 0.0502. The van der Waals surface area contributed by atoms with Crippen molar-refractivity contribution in [2.45, 2.75) is 45.7 Å². The Kier molecular flexibility index (Phi) is 5.79. The van der Waals surface area contributed by atoms with Crippen molar-refractivity contribution < 1.29 is 14.3 Å². The van der Waals surface area contributed by atoms with Crippen LogP contribution in [-0.2, 0) is 4.74 Å². The molecule has 1 aliphatic rings. The van der Waals surface area contributed by atoms with Gasteiger partial charge in [0.25, 0.3) is 5.91 Å². The third kappa shape index (κ3) is 4.05. The highest BCUT2D eigenvalue weighted by Gasteiger charge is 2.33. The van der Waals surface area contributed by atoms with Crippen LogP contribution in [0.4, 0.5) is 0 Å². The lowest BCUT2D eigenvalue weighted by Crippen LogP contribution is -2.46. The Hall–Kier alpha value is -3.56. The third-order valence-corrected chi connectivity index (χ3v) is 5.48. The number of hydrogen-bond acceptors (Lipinski definition) is 7. The van der Waals surface area contributed by atoms with E-state index in [-0.39, 0.29) is 30.3 Å². The van der Waals surface area contributed by atoms with Crippen molar-refractivity contribution in [1.29, 1.82) is 0 Å². The van der Waals surface area contributed by atoms with E-state index in [2.05, 4.69) is 20.4 Å². The van der Waals surface area contributed by atoms with Crippen molar-refractivity contribution in [2.75, 3.05) is 13.2 Å². The van der Waals surface area contributed by atoms with Gasteiger partial charge in [-0.3, -0.25) is 4.79 Å². The highest BCUT2D eigenvalue weighted by Crippen LogP contribution is 2.28. The molecule has 1 aliphatic heterocycles. The highest BCUT2D eigenvalue weighted by atomic mass is 16.5. The molecule has 2 aromatic heterocycles. The third-order valence-electron chi connectivity index (χ3n) is 5.48. The van der Waals surface area contributed by atoms with Crippen LogP contribution >= 0.6 is 0 Å². The van der Waals surface area contributed by atoms with E-state index in [1.165, 1.54) is 4.80 Å². The van der Waals surface area contributed by atoms with Gasteiger partial charge in [0.05, 0.1) is 42.0 Å². The second kappa shape index (κ2) is 8.66. The van der Waals surface area contributed by atoms with Crippen LogP contribution in [0.2, 0.25) is 0 Å². The van der Waals surface area contributed by atoms with Gasteiger partial charge in [0.1, 0.15) is 0 Å². The summed E-state index contributed by atoms with van der Waals surface area (Å²) in [5.74, 6) is -0.580. The van der Waals surface area contributed by atoms with Gasteiger partial charge in [-0.25, -0.2) is 4.79 Å². The zero-order chi connectivity index (χ0) is 22.0. The number of benzene rings is 1. The Labute approximate surface area is 179 Å². The minimum Gasteiger partial charge on any atom is -0.461 e. The predicted molar refractivity (Wildman–Crippen MR) is 111 cm³/mol. The number of para-hydroxylation sites is 1. The molecule has 0 aliphatic carbocycles. The first-order valence-electron chi connectivity index (χ1n) is 10.4. The van der Waals surface area contributed by atoms with E-state index in [9.17, 15) is 9.59 Å². The maximum absolute atomic E-state index is 13.5. The molecule has 0 bridgehead atoms. The molecule has 0 radical (unpaired) electrons. The summed E-state index contributed by atoms with van der Waals surface area (Å²) in [7, 11) is 0. The summed E-state index contributed by atoms with van der Waals surface area (Å²) in [6.45, 7) is 6.24. The quantitative estimate of drug-likeness (QED) is 0.579. The largest absolute Gasteiger partial charge is 0.461 e. The molecule has 10 heteroatoms. The fourth-order valence-corrected chi connectivity index (χ4v) is 3.83. The van der Waals surface area contributed by atoms with Gasteiger partial charge >= 0.3 is 5.97 Å². The van der Waals surface area contributed by atoms with Gasteiger partial charge in [-0.15, -0.1) is 5.10 Å². The summed E-state index contributed by atoms with van der Waals surface area (Å²) >= 11 is 0. The molecule has 2 atom stereocenters. The first-order valence-corrected chi connectivity index (χ1v) is 10.4. The molecule has 10 nitrogen and oxygen atoms in total. The Morgan fingerprint density at radius 1 is 1.13 bits per heavy atom. The fourth-order valence-electron chi connectivity index (χ4n) is 3.83. The Morgan fingerprint density at radius 2 is 1.87 bits per heavy atom. The lowest BCUT2D eigenvalue weighted by Gasteiger charge is -2.37. The summed E-state index contributed by atoms with van der Waals surface area (Å²) < 4.78 is 5.06. The standard InChI is InChI=1S/C21H25N7O3/c1-4-31-21(30)19-15(3)24-27(25-19)16-10-9-14(2)26(13-16)20(29)17-7-5-6-8-18(17)28-22-11-12-23-28/h5-8,11-12,14,16H,4,9-10,13H2,1-3H3/t14-,16-/m1/s1. The van der Waals surface area contributed by atoms with E-state index < -0.39 is 5.97 Å². The molecule has 3 aromatic rings. The molecule has 1 aromatic carbocycles. The van der Waals surface area contributed by atoms with Crippen molar-refractivity contribution in [1.82, 2.24) is 34.9 Å². The smallest absolute Gasteiger partial charge is 0.360 e. The van der Waals surface area contributed by atoms with E-state index in [0.717, 1.165) is 12.8 Å². The Bertz CT molecular complexity index is 1080. The number of likely N-dealkylation sites (tertiary alicyclic amines) is 1. The first kappa shape index (κ1) is 20.7. The number of carbonyl (C=O) groups excluding carboxylic acids is 2. The van der Waals surface area contributed by atoms with E-state index >= 15 is 0 Å². The van der Waals surface area contributed by atoms with E-state index in [1.54, 1.807) is 37.1 Å². The summed E-state index contributed by atoms with van der Waals surface area (Å²) in [5, 5.41) is 17.1. The molecule has 0 spiro atoms. The lowest BCUT2D eigenvalue weighted by atomic mass is 9.98. The SMILES string of the molecule is CCOC(=O)c1nn([C@@H]2CC[C@@H](C)N(C(=O)c3ccccc3-n3nccn3)C2)nc1C. The second-order valence-corrected chi connectivity index (χ2v) is 7.55. The fraction of sp³-hybridized carbons (Fsp3) is 0.429. The number of aromatic nitrogens is 6. The molecule has 0 N–H and O–H groups in total. The van der Waals surface area contributed by atoms with Crippen LogP contribution in [-0.4, -0.2) is 66.0 Å². The topological polar surface area (TPSA) is 108 Å². The van der Waals surface area contributed by atoms with Gasteiger partial charge in [0, 0.05) is 12.6 Å². The number of rotatable bonds is 5. The number of carbonyl (C=O) groups is 2. The van der Waals surface area contributed by atoms with Crippen LogP contribution in [0.3, 0.4) is 0 Å². The van der Waals surface area contributed by atoms with Gasteiger partial charge in [0.15, 0.2) is 5.69 Å². The summed E-state index contributed by atoms with van der Waals surface area (Å²) in [6.07, 6.45) is 4.76. The average molecular weight is 423 g/mol. The molecule has 31 heavy (non-hydrogen) atoms. The minimum atomic E-state index is -0.482.